The van der Waals surface area contributed by atoms with Crippen LogP contribution in [0, 0.1) is 35.5 Å². The van der Waals surface area contributed by atoms with Gasteiger partial charge in [-0.2, -0.15) is 0 Å². The molecule has 0 saturated carbocycles. The van der Waals surface area contributed by atoms with E-state index >= 15 is 19.2 Å². The monoisotopic (exact) mass is 1390 g/mol. The van der Waals surface area contributed by atoms with Crippen molar-refractivity contribution in [2.45, 2.75) is 295 Å². The van der Waals surface area contributed by atoms with E-state index in [-0.39, 0.29) is 113 Å². The number of esters is 2. The first-order valence-electron chi connectivity index (χ1n) is 39.4. The molecule has 0 rings (SSSR count). The lowest BCUT2D eigenvalue weighted by molar-refractivity contribution is -0.153. The molecule has 0 bridgehead atoms. The second-order valence-corrected chi connectivity index (χ2v) is 28.0. The Balaban J connectivity index is 8.11. The maximum absolute atomic E-state index is 15.6. The van der Waals surface area contributed by atoms with Gasteiger partial charge in [-0.1, -0.05) is 237 Å². The van der Waals surface area contributed by atoms with Crippen molar-refractivity contribution in [1.29, 1.82) is 0 Å². The standard InChI is InChI=1S/C77H146N8O13/c1-13-25-33-35-43-66(41-31-19-7)76(95)97-47-45-80(55-73(92)82(54-69(78)88)50-62(21-9)37-27-15-3)72(91)58-84(52-64(23-11)39-29-17-5)75(94)59-85(53-65(24-12)40-30-18-6)74(93)56-81(46-48-98-77(96)67(42-32-20-8)44-36-34-26-14-2)71(90)57-83(51-63(22-10)38-28-16-4)70(89)49-79-68(60-86)61-87/h62-68,79,86-87H,13-61H2,1-12H3,(H2,78,88). The average molecular weight is 1390 g/mol. The first-order valence-corrected chi connectivity index (χ1v) is 39.4. The molecule has 0 aromatic carbocycles. The summed E-state index contributed by atoms with van der Waals surface area (Å²) in [6.45, 7) is 21.2. The number of hydrogen-bond donors (Lipinski definition) is 4. The minimum absolute atomic E-state index is 0.0415. The Morgan fingerprint density at radius 3 is 0.888 bits per heavy atom. The van der Waals surface area contributed by atoms with E-state index in [0.717, 1.165) is 167 Å². The Labute approximate surface area is 595 Å². The predicted molar refractivity (Wildman–Crippen MR) is 393 cm³/mol. The Morgan fingerprint density at radius 2 is 0.602 bits per heavy atom. The quantitative estimate of drug-likeness (QED) is 0.0326. The van der Waals surface area contributed by atoms with Gasteiger partial charge in [-0.05, 0) is 75.0 Å². The topological polar surface area (TPSA) is 270 Å². The van der Waals surface area contributed by atoms with Gasteiger partial charge in [0.05, 0.1) is 90.0 Å². The van der Waals surface area contributed by atoms with Gasteiger partial charge in [-0.15, -0.1) is 0 Å². The van der Waals surface area contributed by atoms with Gasteiger partial charge in [0.2, 0.25) is 41.4 Å². The molecule has 0 aliphatic rings. The van der Waals surface area contributed by atoms with E-state index < -0.39 is 93.3 Å². The number of unbranched alkanes of at least 4 members (excludes halogenated alkanes) is 12. The van der Waals surface area contributed by atoms with Gasteiger partial charge in [0.1, 0.15) is 13.2 Å². The van der Waals surface area contributed by atoms with E-state index in [0.29, 0.717) is 38.5 Å². The zero-order valence-corrected chi connectivity index (χ0v) is 64.3. The second-order valence-electron chi connectivity index (χ2n) is 28.0. The highest BCUT2D eigenvalue weighted by Crippen LogP contribution is 2.24. The fourth-order valence-corrected chi connectivity index (χ4v) is 12.6. The summed E-state index contributed by atoms with van der Waals surface area (Å²) in [4.78, 5) is 139. The molecule has 21 heteroatoms. The molecule has 0 spiro atoms. The molecule has 98 heavy (non-hydrogen) atoms. The van der Waals surface area contributed by atoms with Gasteiger partial charge in [0.15, 0.2) is 0 Å². The van der Waals surface area contributed by atoms with Crippen molar-refractivity contribution in [3.05, 3.63) is 0 Å². The molecular weight excluding hydrogens is 1240 g/mol. The smallest absolute Gasteiger partial charge is 0.308 e. The predicted octanol–water partition coefficient (Wildman–Crippen LogP) is 11.9. The molecule has 0 aromatic rings. The molecule has 7 amide bonds. The number of nitrogens with zero attached hydrogens (tertiary/aromatic N) is 6. The van der Waals surface area contributed by atoms with E-state index in [4.69, 9.17) is 15.2 Å². The summed E-state index contributed by atoms with van der Waals surface area (Å²) in [6, 6.07) is -0.770. The number of carbonyl (C=O) groups is 9. The number of nitrogens with two attached hydrogens (primary N) is 1. The van der Waals surface area contributed by atoms with Crippen molar-refractivity contribution in [3.63, 3.8) is 0 Å². The van der Waals surface area contributed by atoms with E-state index in [9.17, 15) is 34.2 Å². The number of amides is 7. The highest BCUT2D eigenvalue weighted by atomic mass is 16.5. The van der Waals surface area contributed by atoms with E-state index in [1.165, 1.54) is 29.4 Å². The van der Waals surface area contributed by atoms with Crippen LogP contribution in [0.25, 0.3) is 0 Å². The summed E-state index contributed by atoms with van der Waals surface area (Å²) in [7, 11) is 0. The number of nitrogens with one attached hydrogen (secondary N) is 1. The van der Waals surface area contributed by atoms with Crippen LogP contribution in [0.15, 0.2) is 0 Å². The van der Waals surface area contributed by atoms with Gasteiger partial charge in [0.25, 0.3) is 0 Å². The lowest BCUT2D eigenvalue weighted by Crippen LogP contribution is -2.54. The molecule has 6 unspecified atom stereocenters. The van der Waals surface area contributed by atoms with Crippen LogP contribution in [0.4, 0.5) is 0 Å². The number of hydrogen-bond acceptors (Lipinski definition) is 14. The molecular formula is C77H146N8O13. The van der Waals surface area contributed by atoms with Crippen molar-refractivity contribution in [3.8, 4) is 0 Å². The van der Waals surface area contributed by atoms with Crippen LogP contribution in [0.1, 0.15) is 289 Å². The lowest BCUT2D eigenvalue weighted by Gasteiger charge is -2.35. The summed E-state index contributed by atoms with van der Waals surface area (Å²) >= 11 is 0. The van der Waals surface area contributed by atoms with E-state index in [2.05, 4.69) is 60.7 Å². The molecule has 5 N–H and O–H groups in total. The Kier molecular flexibility index (Phi) is 56.8. The number of carbonyl (C=O) groups excluding carboxylic acids is 9. The average Bonchev–Trinajstić information content (AvgIpc) is 0.877. The second kappa shape index (κ2) is 59.8. The Morgan fingerprint density at radius 1 is 0.337 bits per heavy atom. The molecule has 21 nitrogen and oxygen atoms in total. The van der Waals surface area contributed by atoms with E-state index in [1.54, 1.807) is 0 Å². The summed E-state index contributed by atoms with van der Waals surface area (Å²) < 4.78 is 12.0. The number of primary amides is 1. The van der Waals surface area contributed by atoms with Gasteiger partial charge < -0.3 is 60.1 Å². The van der Waals surface area contributed by atoms with Crippen LogP contribution in [0.5, 0.6) is 0 Å². The van der Waals surface area contributed by atoms with Crippen molar-refractivity contribution >= 4 is 53.3 Å². The zero-order chi connectivity index (χ0) is 73.5. The molecule has 0 aliphatic heterocycles. The molecule has 0 saturated heterocycles. The Hall–Kier alpha value is -4.89. The van der Waals surface area contributed by atoms with Crippen molar-refractivity contribution in [2.75, 3.05) is 112 Å². The first-order chi connectivity index (χ1) is 47.2. The fraction of sp³-hybridized carbons (Fsp3) is 0.883. The fourth-order valence-electron chi connectivity index (χ4n) is 12.6. The molecule has 0 aromatic heterocycles. The number of aliphatic hydroxyl groups excluding tert-OH is 2. The molecule has 0 fully saturated rings. The largest absolute Gasteiger partial charge is 0.464 e. The van der Waals surface area contributed by atoms with Gasteiger partial charge in [-0.25, -0.2) is 0 Å². The Bertz CT molecular complexity index is 2140. The van der Waals surface area contributed by atoms with Crippen LogP contribution in [-0.4, -0.2) is 210 Å². The van der Waals surface area contributed by atoms with Gasteiger partial charge >= 0.3 is 11.9 Å². The minimum Gasteiger partial charge on any atom is -0.464 e. The molecule has 6 atom stereocenters. The zero-order valence-electron chi connectivity index (χ0n) is 64.3. The summed E-state index contributed by atoms with van der Waals surface area (Å²) in [6.07, 6.45) is 27.4. The third-order valence-corrected chi connectivity index (χ3v) is 19.7. The normalized spacial score (nSPS) is 13.3. The van der Waals surface area contributed by atoms with Crippen LogP contribution in [-0.2, 0) is 52.6 Å². The maximum atomic E-state index is 15.6. The molecule has 572 valence electrons. The van der Waals surface area contributed by atoms with Gasteiger partial charge in [-0.3, -0.25) is 43.2 Å². The lowest BCUT2D eigenvalue weighted by atomic mass is 9.95. The summed E-state index contributed by atoms with van der Waals surface area (Å²) in [5, 5.41) is 22.6. The van der Waals surface area contributed by atoms with Crippen molar-refractivity contribution < 1.29 is 62.8 Å². The highest BCUT2D eigenvalue weighted by Gasteiger charge is 2.33. The molecule has 0 aliphatic carbocycles. The highest BCUT2D eigenvalue weighted by molar-refractivity contribution is 5.93. The van der Waals surface area contributed by atoms with Gasteiger partial charge in [0, 0.05) is 26.2 Å². The van der Waals surface area contributed by atoms with Crippen LogP contribution in [0.2, 0.25) is 0 Å². The summed E-state index contributed by atoms with van der Waals surface area (Å²) in [5.74, 6) is -5.20. The van der Waals surface area contributed by atoms with Crippen molar-refractivity contribution in [2.24, 2.45) is 41.2 Å². The third kappa shape index (κ3) is 42.4. The number of rotatable bonds is 65. The van der Waals surface area contributed by atoms with Crippen molar-refractivity contribution in [1.82, 2.24) is 34.7 Å². The minimum atomic E-state index is -0.770. The van der Waals surface area contributed by atoms with E-state index in [1.807, 2.05) is 27.7 Å². The summed E-state index contributed by atoms with van der Waals surface area (Å²) in [5.41, 5.74) is 5.78. The molecule has 0 radical (unpaired) electrons. The third-order valence-electron chi connectivity index (χ3n) is 19.7. The first kappa shape index (κ1) is 93.1. The van der Waals surface area contributed by atoms with Crippen LogP contribution < -0.4 is 11.1 Å². The van der Waals surface area contributed by atoms with Crippen LogP contribution in [0.3, 0.4) is 0 Å². The number of aliphatic hydroxyl groups is 2. The number of ether oxygens (including phenoxy) is 2. The van der Waals surface area contributed by atoms with Crippen LogP contribution >= 0.6 is 0 Å². The maximum Gasteiger partial charge on any atom is 0.308 e. The SMILES string of the molecule is CCCCCCC(CCCC)C(=O)OCCN(CC(=O)N(CC(=O)N(CC(=O)N(CCOC(=O)C(CCCC)CCCCCC)CC(=O)N(CC(N)=O)CC(CC)CCCC)CC(CC)CCCC)CC(CC)CCCC)C(=O)CN(CC(CC)CCCC)C(=O)CNC(CO)CO. The molecule has 0 heterocycles.